The van der Waals surface area contributed by atoms with Gasteiger partial charge in [-0.2, -0.15) is 5.26 Å². The van der Waals surface area contributed by atoms with E-state index in [2.05, 4.69) is 26.6 Å². The number of amides is 1. The van der Waals surface area contributed by atoms with Gasteiger partial charge in [0.2, 0.25) is 5.91 Å². The first-order valence-corrected chi connectivity index (χ1v) is 6.87. The van der Waals surface area contributed by atoms with Crippen LogP contribution in [0.5, 0.6) is 0 Å². The van der Waals surface area contributed by atoms with Gasteiger partial charge in [-0.3, -0.25) is 4.79 Å². The van der Waals surface area contributed by atoms with E-state index in [1.807, 2.05) is 6.07 Å². The zero-order chi connectivity index (χ0) is 15.2. The van der Waals surface area contributed by atoms with Gasteiger partial charge in [0.25, 0.3) is 0 Å². The molecule has 2 N–H and O–H groups in total. The number of nitrogens with one attached hydrogen (secondary N) is 2. The van der Waals surface area contributed by atoms with Crippen LogP contribution in [0.25, 0.3) is 0 Å². The Morgan fingerprint density at radius 2 is 2.10 bits per heavy atom. The molecule has 2 rings (SSSR count). The minimum atomic E-state index is -0.417. The van der Waals surface area contributed by atoms with Crippen LogP contribution in [0.1, 0.15) is 5.56 Å². The molecule has 0 radical (unpaired) electrons. The highest BCUT2D eigenvalue weighted by Gasteiger charge is 2.06. The van der Waals surface area contributed by atoms with E-state index in [4.69, 9.17) is 5.26 Å². The van der Waals surface area contributed by atoms with Crippen molar-refractivity contribution < 1.29 is 9.18 Å². The molecule has 0 fully saturated rings. The molecule has 2 aromatic carbocycles. The summed E-state index contributed by atoms with van der Waals surface area (Å²) in [6, 6.07) is 12.8. The van der Waals surface area contributed by atoms with Crippen molar-refractivity contribution in [1.29, 1.82) is 5.26 Å². The lowest BCUT2D eigenvalue weighted by molar-refractivity contribution is -0.114. The number of hydrogen-bond acceptors (Lipinski definition) is 3. The number of nitriles is 1. The Bertz CT molecular complexity index is 712. The van der Waals surface area contributed by atoms with Crippen LogP contribution in [0.4, 0.5) is 15.8 Å². The molecule has 0 bridgehead atoms. The second-order valence-electron chi connectivity index (χ2n) is 4.21. The third-order valence-corrected chi connectivity index (χ3v) is 3.14. The van der Waals surface area contributed by atoms with E-state index in [1.165, 1.54) is 18.2 Å². The average molecular weight is 348 g/mol. The van der Waals surface area contributed by atoms with Crippen molar-refractivity contribution in [1.82, 2.24) is 0 Å². The van der Waals surface area contributed by atoms with Gasteiger partial charge in [0.05, 0.1) is 17.8 Å². The zero-order valence-corrected chi connectivity index (χ0v) is 12.4. The molecule has 2 aromatic rings. The predicted molar refractivity (Wildman–Crippen MR) is 82.4 cm³/mol. The minimum Gasteiger partial charge on any atom is -0.375 e. The molecule has 1 amide bonds. The largest absolute Gasteiger partial charge is 0.375 e. The van der Waals surface area contributed by atoms with Gasteiger partial charge in [-0.15, -0.1) is 0 Å². The molecule has 0 saturated carbocycles. The van der Waals surface area contributed by atoms with E-state index in [0.717, 1.165) is 4.47 Å². The molecule has 106 valence electrons. The van der Waals surface area contributed by atoms with Crippen LogP contribution in [0.3, 0.4) is 0 Å². The Kier molecular flexibility index (Phi) is 4.90. The summed E-state index contributed by atoms with van der Waals surface area (Å²) in [6.45, 7) is -0.0261. The smallest absolute Gasteiger partial charge is 0.243 e. The molecular weight excluding hydrogens is 337 g/mol. The van der Waals surface area contributed by atoms with Crippen molar-refractivity contribution >= 4 is 33.2 Å². The number of hydrogen-bond donors (Lipinski definition) is 2. The van der Waals surface area contributed by atoms with Gasteiger partial charge in [0.1, 0.15) is 11.9 Å². The second-order valence-corrected chi connectivity index (χ2v) is 5.13. The van der Waals surface area contributed by atoms with Gasteiger partial charge >= 0.3 is 0 Å². The first kappa shape index (κ1) is 15.0. The fraction of sp³-hybridized carbons (Fsp3) is 0.0667. The summed E-state index contributed by atoms with van der Waals surface area (Å²) in [4.78, 5) is 11.8. The maximum Gasteiger partial charge on any atom is 0.243 e. The van der Waals surface area contributed by atoms with E-state index >= 15 is 0 Å². The van der Waals surface area contributed by atoms with Gasteiger partial charge in [-0.05, 0) is 36.4 Å². The molecule has 0 unspecified atom stereocenters. The lowest BCUT2D eigenvalue weighted by Crippen LogP contribution is -2.22. The van der Waals surface area contributed by atoms with Crippen LogP contribution in [-0.4, -0.2) is 12.5 Å². The molecule has 6 heteroatoms. The third kappa shape index (κ3) is 4.29. The van der Waals surface area contributed by atoms with Crippen molar-refractivity contribution in [3.63, 3.8) is 0 Å². The van der Waals surface area contributed by atoms with Crippen LogP contribution in [0.2, 0.25) is 0 Å². The summed E-state index contributed by atoms with van der Waals surface area (Å²) in [5.74, 6) is -0.746. The first-order chi connectivity index (χ1) is 10.1. The Morgan fingerprint density at radius 3 is 2.81 bits per heavy atom. The SMILES string of the molecule is N#Cc1ccc(Br)cc1NCC(=O)Nc1cccc(F)c1. The van der Waals surface area contributed by atoms with Crippen molar-refractivity contribution in [3.8, 4) is 6.07 Å². The Labute approximate surface area is 129 Å². The standard InChI is InChI=1S/C15H11BrFN3O/c16-11-5-4-10(8-18)14(6-11)19-9-15(21)20-13-3-1-2-12(17)7-13/h1-7,19H,9H2,(H,20,21). The quantitative estimate of drug-likeness (QED) is 0.889. The van der Waals surface area contributed by atoms with Gasteiger partial charge in [0.15, 0.2) is 0 Å². The van der Waals surface area contributed by atoms with Gasteiger partial charge < -0.3 is 10.6 Å². The highest BCUT2D eigenvalue weighted by atomic mass is 79.9. The van der Waals surface area contributed by atoms with E-state index < -0.39 is 5.82 Å². The number of rotatable bonds is 4. The van der Waals surface area contributed by atoms with Crippen molar-refractivity contribution in [2.24, 2.45) is 0 Å². The maximum absolute atomic E-state index is 13.0. The molecule has 0 aromatic heterocycles. The number of carbonyl (C=O) groups is 1. The highest BCUT2D eigenvalue weighted by molar-refractivity contribution is 9.10. The fourth-order valence-corrected chi connectivity index (χ4v) is 2.07. The summed E-state index contributed by atoms with van der Waals surface area (Å²) in [6.07, 6.45) is 0. The van der Waals surface area contributed by atoms with E-state index in [0.29, 0.717) is 16.9 Å². The molecular formula is C15H11BrFN3O. The molecule has 4 nitrogen and oxygen atoms in total. The topological polar surface area (TPSA) is 64.9 Å². The van der Waals surface area contributed by atoms with Crippen molar-refractivity contribution in [3.05, 3.63) is 58.3 Å². The first-order valence-electron chi connectivity index (χ1n) is 6.07. The van der Waals surface area contributed by atoms with Gasteiger partial charge in [-0.1, -0.05) is 22.0 Å². The van der Waals surface area contributed by atoms with Crippen molar-refractivity contribution in [2.75, 3.05) is 17.2 Å². The monoisotopic (exact) mass is 347 g/mol. The maximum atomic E-state index is 13.0. The average Bonchev–Trinajstić information content (AvgIpc) is 2.45. The van der Waals surface area contributed by atoms with Gasteiger partial charge in [-0.25, -0.2) is 4.39 Å². The summed E-state index contributed by atoms with van der Waals surface area (Å²) in [7, 11) is 0. The zero-order valence-electron chi connectivity index (χ0n) is 10.9. The van der Waals surface area contributed by atoms with Crippen molar-refractivity contribution in [2.45, 2.75) is 0 Å². The van der Waals surface area contributed by atoms with Crippen LogP contribution in [-0.2, 0) is 4.79 Å². The summed E-state index contributed by atoms with van der Waals surface area (Å²) < 4.78 is 13.8. The number of nitrogens with zero attached hydrogens (tertiary/aromatic N) is 1. The summed E-state index contributed by atoms with van der Waals surface area (Å²) in [5.41, 5.74) is 1.38. The Balaban J connectivity index is 1.99. The highest BCUT2D eigenvalue weighted by Crippen LogP contribution is 2.20. The number of halogens is 2. The Hall–Kier alpha value is -2.39. The lowest BCUT2D eigenvalue weighted by atomic mass is 10.2. The van der Waals surface area contributed by atoms with Gasteiger partial charge in [0, 0.05) is 10.2 Å². The molecule has 0 aliphatic carbocycles. The fourth-order valence-electron chi connectivity index (χ4n) is 1.71. The molecule has 0 aliphatic rings. The van der Waals surface area contributed by atoms with E-state index in [9.17, 15) is 9.18 Å². The molecule has 0 spiro atoms. The number of benzene rings is 2. The molecule has 0 aliphatic heterocycles. The minimum absolute atomic E-state index is 0.0261. The van der Waals surface area contributed by atoms with Crippen LogP contribution in [0, 0.1) is 17.1 Å². The van der Waals surface area contributed by atoms with E-state index in [1.54, 1.807) is 24.3 Å². The molecule has 21 heavy (non-hydrogen) atoms. The molecule has 0 heterocycles. The predicted octanol–water partition coefficient (Wildman–Crippen LogP) is 3.51. The van der Waals surface area contributed by atoms with Crippen LogP contribution in [0.15, 0.2) is 46.9 Å². The summed E-state index contributed by atoms with van der Waals surface area (Å²) in [5, 5.41) is 14.4. The third-order valence-electron chi connectivity index (χ3n) is 2.65. The van der Waals surface area contributed by atoms with Crippen LogP contribution < -0.4 is 10.6 Å². The number of anilines is 2. The van der Waals surface area contributed by atoms with E-state index in [-0.39, 0.29) is 12.5 Å². The molecule has 0 atom stereocenters. The normalized spacial score (nSPS) is 9.76. The molecule has 0 saturated heterocycles. The second kappa shape index (κ2) is 6.86. The van der Waals surface area contributed by atoms with Crippen LogP contribution >= 0.6 is 15.9 Å². The lowest BCUT2D eigenvalue weighted by Gasteiger charge is -2.09. The Morgan fingerprint density at radius 1 is 1.29 bits per heavy atom. The summed E-state index contributed by atoms with van der Waals surface area (Å²) >= 11 is 3.30. The number of carbonyl (C=O) groups excluding carboxylic acids is 1.